The molecule has 0 bridgehead atoms. The van der Waals surface area contributed by atoms with Crippen LogP contribution < -0.4 is 5.32 Å². The minimum Gasteiger partial charge on any atom is -0.465 e. The van der Waals surface area contributed by atoms with Gasteiger partial charge in [0.05, 0.1) is 6.61 Å². The molecule has 16 heavy (non-hydrogen) atoms. The van der Waals surface area contributed by atoms with Gasteiger partial charge in [-0.15, -0.1) is 0 Å². The van der Waals surface area contributed by atoms with Crippen LogP contribution >= 0.6 is 0 Å². The fraction of sp³-hybridized carbons (Fsp3) is 0.778. The van der Waals surface area contributed by atoms with Gasteiger partial charge in [0.2, 0.25) is 0 Å². The van der Waals surface area contributed by atoms with Gasteiger partial charge >= 0.3 is 12.0 Å². The number of nitrogens with one attached hydrogen (secondary N) is 1. The summed E-state index contributed by atoms with van der Waals surface area (Å²) in [4.78, 5) is 24.1. The molecule has 1 rings (SSSR count). The first kappa shape index (κ1) is 13.0. The predicted molar refractivity (Wildman–Crippen MR) is 59.5 cm³/mol. The van der Waals surface area contributed by atoms with Crippen LogP contribution in [0, 0.1) is 0 Å². The first-order chi connectivity index (χ1) is 7.63. The fourth-order valence-corrected chi connectivity index (χ4v) is 2.36. The Balaban J connectivity index is 2.24. The third kappa shape index (κ3) is 4.18. The molecule has 1 N–H and O–H groups in total. The van der Waals surface area contributed by atoms with Crippen LogP contribution in [0.4, 0.5) is 4.79 Å². The molecule has 2 amide bonds. The molecule has 1 heterocycles. The van der Waals surface area contributed by atoms with E-state index in [0.717, 1.165) is 0 Å². The molecule has 1 saturated heterocycles. The molecule has 1 fully saturated rings. The number of urea groups is 1. The summed E-state index contributed by atoms with van der Waals surface area (Å²) in [7, 11) is -0.806. The summed E-state index contributed by atoms with van der Waals surface area (Å²) in [5.41, 5.74) is 0. The molecule has 7 heteroatoms. The van der Waals surface area contributed by atoms with Gasteiger partial charge < -0.3 is 15.0 Å². The quantitative estimate of drug-likeness (QED) is 0.672. The second-order valence-corrected chi connectivity index (χ2v) is 4.99. The topological polar surface area (TPSA) is 75.7 Å². The van der Waals surface area contributed by atoms with Crippen LogP contribution in [0.2, 0.25) is 0 Å². The van der Waals surface area contributed by atoms with Crippen molar-refractivity contribution in [1.29, 1.82) is 0 Å². The second kappa shape index (κ2) is 6.47. The molecule has 1 aliphatic heterocycles. The van der Waals surface area contributed by atoms with Gasteiger partial charge in [-0.3, -0.25) is 9.00 Å². The Labute approximate surface area is 96.8 Å². The number of hydrogen-bond donors (Lipinski definition) is 1. The summed E-state index contributed by atoms with van der Waals surface area (Å²) >= 11 is 0. The highest BCUT2D eigenvalue weighted by Gasteiger charge is 2.20. The lowest BCUT2D eigenvalue weighted by Gasteiger charge is -2.26. The average Bonchev–Trinajstić information content (AvgIpc) is 2.27. The van der Waals surface area contributed by atoms with E-state index in [1.807, 2.05) is 0 Å². The van der Waals surface area contributed by atoms with E-state index in [0.29, 0.717) is 31.2 Å². The Morgan fingerprint density at radius 1 is 1.38 bits per heavy atom. The van der Waals surface area contributed by atoms with Crippen LogP contribution in [0.15, 0.2) is 0 Å². The molecule has 0 unspecified atom stereocenters. The summed E-state index contributed by atoms with van der Waals surface area (Å²) in [5, 5.41) is 2.47. The summed E-state index contributed by atoms with van der Waals surface area (Å²) < 4.78 is 15.7. The molecule has 1 aliphatic rings. The summed E-state index contributed by atoms with van der Waals surface area (Å²) in [6.07, 6.45) is 0. The monoisotopic (exact) mass is 248 g/mol. The van der Waals surface area contributed by atoms with Gasteiger partial charge in [0.15, 0.2) is 0 Å². The summed E-state index contributed by atoms with van der Waals surface area (Å²) in [6.45, 7) is 2.84. The van der Waals surface area contributed by atoms with E-state index in [4.69, 9.17) is 0 Å². The number of rotatable bonds is 3. The van der Waals surface area contributed by atoms with E-state index in [9.17, 15) is 13.8 Å². The van der Waals surface area contributed by atoms with E-state index >= 15 is 0 Å². The van der Waals surface area contributed by atoms with Crippen LogP contribution in [0.3, 0.4) is 0 Å². The Hall–Kier alpha value is -1.11. The predicted octanol–water partition coefficient (Wildman–Crippen LogP) is -0.677. The van der Waals surface area contributed by atoms with E-state index in [-0.39, 0.29) is 12.6 Å². The molecule has 0 aromatic carbocycles. The highest BCUT2D eigenvalue weighted by Crippen LogP contribution is 1.99. The maximum atomic E-state index is 11.5. The summed E-state index contributed by atoms with van der Waals surface area (Å²) in [5.74, 6) is 0.566. The minimum absolute atomic E-state index is 0.119. The van der Waals surface area contributed by atoms with Crippen molar-refractivity contribution in [2.45, 2.75) is 6.92 Å². The van der Waals surface area contributed by atoms with Crippen LogP contribution in [0.5, 0.6) is 0 Å². The van der Waals surface area contributed by atoms with E-state index in [1.54, 1.807) is 11.8 Å². The molecular formula is C9H16N2O4S. The van der Waals surface area contributed by atoms with Gasteiger partial charge in [-0.1, -0.05) is 0 Å². The van der Waals surface area contributed by atoms with Crippen LogP contribution in [-0.2, 0) is 20.3 Å². The Morgan fingerprint density at radius 2 is 2.00 bits per heavy atom. The van der Waals surface area contributed by atoms with Gasteiger partial charge in [-0.25, -0.2) is 4.79 Å². The Kier molecular flexibility index (Phi) is 5.24. The smallest absolute Gasteiger partial charge is 0.325 e. The standard InChI is InChI=1S/C9H16N2O4S/c1-2-15-8(12)7-10-9(13)11-3-5-16(14)6-4-11/h2-7H2,1H3,(H,10,13). The SMILES string of the molecule is CCOC(=O)CNC(=O)N1CCS(=O)CC1. The largest absolute Gasteiger partial charge is 0.465 e. The molecule has 92 valence electrons. The van der Waals surface area contributed by atoms with Gasteiger partial charge in [-0.05, 0) is 6.92 Å². The van der Waals surface area contributed by atoms with Gasteiger partial charge in [0.1, 0.15) is 6.54 Å². The maximum absolute atomic E-state index is 11.5. The van der Waals surface area contributed by atoms with Crippen molar-refractivity contribution in [3.63, 3.8) is 0 Å². The zero-order valence-electron chi connectivity index (χ0n) is 9.23. The van der Waals surface area contributed by atoms with Gasteiger partial charge in [-0.2, -0.15) is 0 Å². The minimum atomic E-state index is -0.806. The number of esters is 1. The first-order valence-corrected chi connectivity index (χ1v) is 6.65. The van der Waals surface area contributed by atoms with E-state index < -0.39 is 16.8 Å². The molecule has 0 spiro atoms. The highest BCUT2D eigenvalue weighted by molar-refractivity contribution is 7.85. The second-order valence-electron chi connectivity index (χ2n) is 3.30. The van der Waals surface area contributed by atoms with E-state index in [1.165, 1.54) is 0 Å². The van der Waals surface area contributed by atoms with E-state index in [2.05, 4.69) is 10.1 Å². The van der Waals surface area contributed by atoms with Crippen LogP contribution in [-0.4, -0.2) is 58.9 Å². The van der Waals surface area contributed by atoms with Crippen molar-refractivity contribution in [3.8, 4) is 0 Å². The molecule has 0 radical (unpaired) electrons. The van der Waals surface area contributed by atoms with Crippen molar-refractivity contribution in [3.05, 3.63) is 0 Å². The van der Waals surface area contributed by atoms with Crippen molar-refractivity contribution < 1.29 is 18.5 Å². The average molecular weight is 248 g/mol. The Morgan fingerprint density at radius 3 is 2.56 bits per heavy atom. The number of hydrogen-bond acceptors (Lipinski definition) is 4. The lowest BCUT2D eigenvalue weighted by atomic mass is 10.5. The first-order valence-electron chi connectivity index (χ1n) is 5.17. The van der Waals surface area contributed by atoms with Crippen molar-refractivity contribution in [2.24, 2.45) is 0 Å². The Bertz CT molecular complexity index is 285. The van der Waals surface area contributed by atoms with Gasteiger partial charge in [0.25, 0.3) is 0 Å². The number of nitrogens with zero attached hydrogens (tertiary/aromatic N) is 1. The molecule has 0 atom stereocenters. The zero-order valence-corrected chi connectivity index (χ0v) is 10.0. The summed E-state index contributed by atoms with van der Waals surface area (Å²) in [6, 6.07) is -0.301. The number of amides is 2. The van der Waals surface area contributed by atoms with Gasteiger partial charge in [0, 0.05) is 35.4 Å². The molecule has 0 aromatic rings. The normalized spacial score (nSPS) is 16.9. The van der Waals surface area contributed by atoms with Crippen molar-refractivity contribution in [2.75, 3.05) is 37.7 Å². The van der Waals surface area contributed by atoms with Crippen molar-refractivity contribution in [1.82, 2.24) is 10.2 Å². The number of carbonyl (C=O) groups is 2. The fourth-order valence-electron chi connectivity index (χ4n) is 1.31. The van der Waals surface area contributed by atoms with Crippen LogP contribution in [0.1, 0.15) is 6.92 Å². The third-order valence-corrected chi connectivity index (χ3v) is 3.43. The molecule has 0 aromatic heterocycles. The lowest BCUT2D eigenvalue weighted by Crippen LogP contribution is -2.48. The maximum Gasteiger partial charge on any atom is 0.325 e. The molecule has 0 saturated carbocycles. The molecule has 6 nitrogen and oxygen atoms in total. The number of ether oxygens (including phenoxy) is 1. The third-order valence-electron chi connectivity index (χ3n) is 2.15. The zero-order chi connectivity index (χ0) is 12.0. The molecular weight excluding hydrogens is 232 g/mol. The van der Waals surface area contributed by atoms with Crippen molar-refractivity contribution >= 4 is 22.8 Å². The lowest BCUT2D eigenvalue weighted by molar-refractivity contribution is -0.141. The molecule has 0 aliphatic carbocycles. The van der Waals surface area contributed by atoms with Crippen LogP contribution in [0.25, 0.3) is 0 Å². The highest BCUT2D eigenvalue weighted by atomic mass is 32.2. The number of carbonyl (C=O) groups excluding carboxylic acids is 2.